The van der Waals surface area contributed by atoms with Crippen LogP contribution in [0.2, 0.25) is 0 Å². The Morgan fingerprint density at radius 1 is 1.32 bits per heavy atom. The second-order valence-electron chi connectivity index (χ2n) is 7.04. The maximum Gasteiger partial charge on any atom is 0.241 e. The molecule has 0 bridgehead atoms. The first-order valence-corrected chi connectivity index (χ1v) is 9.47. The van der Waals surface area contributed by atoms with Gasteiger partial charge in [0.25, 0.3) is 0 Å². The lowest BCUT2D eigenvalue weighted by Crippen LogP contribution is -2.50. The number of amides is 1. The molecule has 0 aromatic heterocycles. The molecule has 0 spiro atoms. The van der Waals surface area contributed by atoms with Crippen LogP contribution in [0.1, 0.15) is 33.6 Å². The van der Waals surface area contributed by atoms with E-state index in [1.807, 2.05) is 18.7 Å². The Labute approximate surface area is 135 Å². The van der Waals surface area contributed by atoms with Crippen LogP contribution < -0.4 is 0 Å². The summed E-state index contributed by atoms with van der Waals surface area (Å²) in [6, 6.07) is -0.456. The molecule has 2 radical (unpaired) electrons. The lowest BCUT2D eigenvalue weighted by molar-refractivity contribution is -0.133. The van der Waals surface area contributed by atoms with Gasteiger partial charge in [0.15, 0.2) is 7.98 Å². The van der Waals surface area contributed by atoms with Crippen molar-refractivity contribution in [1.29, 1.82) is 0 Å². The number of nitrogens with zero attached hydrogens (tertiary/aromatic N) is 3. The van der Waals surface area contributed by atoms with Crippen LogP contribution in [-0.2, 0) is 14.8 Å². The highest BCUT2D eigenvalue weighted by molar-refractivity contribution is 7.89. The van der Waals surface area contributed by atoms with Gasteiger partial charge >= 0.3 is 0 Å². The zero-order chi connectivity index (χ0) is 16.7. The van der Waals surface area contributed by atoms with Gasteiger partial charge in [0.1, 0.15) is 6.04 Å². The Bertz CT molecular complexity index is 529. The maximum absolute atomic E-state index is 12.9. The van der Waals surface area contributed by atoms with E-state index in [1.54, 1.807) is 11.7 Å². The van der Waals surface area contributed by atoms with Crippen LogP contribution in [-0.4, -0.2) is 80.8 Å². The number of carbonyl (C=O) groups excluding carboxylic acids is 1. The number of likely N-dealkylation sites (tertiary alicyclic amines) is 1. The summed E-state index contributed by atoms with van der Waals surface area (Å²) in [6.07, 6.45) is 1.69. The van der Waals surface area contributed by atoms with E-state index in [0.29, 0.717) is 6.54 Å². The van der Waals surface area contributed by atoms with Gasteiger partial charge in [-0.2, -0.15) is 4.31 Å². The van der Waals surface area contributed by atoms with Crippen LogP contribution >= 0.6 is 0 Å². The number of likely N-dealkylation sites (N-methyl/N-ethyl adjacent to an activating group) is 1. The average Bonchev–Trinajstić information content (AvgIpc) is 2.69. The van der Waals surface area contributed by atoms with Gasteiger partial charge in [0.2, 0.25) is 15.9 Å². The molecule has 0 saturated carbocycles. The Kier molecular flexibility index (Phi) is 4.95. The molecule has 0 aromatic carbocycles. The van der Waals surface area contributed by atoms with E-state index in [1.165, 1.54) is 11.4 Å². The largest absolute Gasteiger partial charge is 0.353 e. The first kappa shape index (κ1) is 17.8. The molecule has 22 heavy (non-hydrogen) atoms. The van der Waals surface area contributed by atoms with Gasteiger partial charge in [-0.3, -0.25) is 4.79 Å². The minimum atomic E-state index is -3.39. The fourth-order valence-corrected chi connectivity index (χ4v) is 4.72. The summed E-state index contributed by atoms with van der Waals surface area (Å²) in [4.78, 5) is 16.5. The molecular formula is C14H26BN3O3S. The highest BCUT2D eigenvalue weighted by atomic mass is 32.2. The molecule has 0 N–H and O–H groups in total. The van der Waals surface area contributed by atoms with Crippen LogP contribution in [0.5, 0.6) is 0 Å². The Morgan fingerprint density at radius 3 is 2.36 bits per heavy atom. The lowest BCUT2D eigenvalue weighted by atomic mass is 9.87. The van der Waals surface area contributed by atoms with Crippen molar-refractivity contribution in [1.82, 2.24) is 14.0 Å². The van der Waals surface area contributed by atoms with E-state index in [-0.39, 0.29) is 17.7 Å². The second kappa shape index (κ2) is 6.13. The van der Waals surface area contributed by atoms with Crippen LogP contribution in [0, 0.1) is 5.41 Å². The van der Waals surface area contributed by atoms with E-state index in [9.17, 15) is 13.2 Å². The van der Waals surface area contributed by atoms with Crippen LogP contribution in [0.15, 0.2) is 0 Å². The number of hydrogen-bond acceptors (Lipinski definition) is 4. The fourth-order valence-electron chi connectivity index (χ4n) is 3.61. The second-order valence-corrected chi connectivity index (χ2v) is 9.36. The molecule has 1 unspecified atom stereocenters. The normalized spacial score (nSPS) is 27.8. The van der Waals surface area contributed by atoms with Crippen molar-refractivity contribution in [3.63, 3.8) is 0 Å². The Hall–Kier alpha value is -0.595. The summed E-state index contributed by atoms with van der Waals surface area (Å²) in [5.41, 5.74) is -0.395. The topological polar surface area (TPSA) is 60.9 Å². The van der Waals surface area contributed by atoms with Crippen molar-refractivity contribution < 1.29 is 13.2 Å². The highest BCUT2D eigenvalue weighted by Crippen LogP contribution is 2.37. The van der Waals surface area contributed by atoms with Gasteiger partial charge < -0.3 is 9.71 Å². The fraction of sp³-hybridized carbons (Fsp3) is 0.929. The first-order valence-electron chi connectivity index (χ1n) is 7.86. The molecule has 0 aromatic rings. The van der Waals surface area contributed by atoms with E-state index < -0.39 is 21.5 Å². The van der Waals surface area contributed by atoms with Gasteiger partial charge in [0.05, 0.1) is 5.75 Å². The summed E-state index contributed by atoms with van der Waals surface area (Å²) in [7, 11) is 3.91. The van der Waals surface area contributed by atoms with E-state index in [0.717, 1.165) is 25.9 Å². The molecule has 2 fully saturated rings. The number of hydrogen-bond donors (Lipinski definition) is 0. The summed E-state index contributed by atoms with van der Waals surface area (Å²) in [5.74, 6) is -0.0606. The smallest absolute Gasteiger partial charge is 0.241 e. The minimum absolute atomic E-state index is 0.00885. The van der Waals surface area contributed by atoms with Crippen LogP contribution in [0.3, 0.4) is 0 Å². The third-order valence-electron chi connectivity index (χ3n) is 4.94. The molecule has 8 heteroatoms. The zero-order valence-electron chi connectivity index (χ0n) is 13.9. The van der Waals surface area contributed by atoms with Crippen molar-refractivity contribution in [3.8, 4) is 0 Å². The Morgan fingerprint density at radius 2 is 1.86 bits per heavy atom. The predicted molar refractivity (Wildman–Crippen MR) is 86.9 cm³/mol. The van der Waals surface area contributed by atoms with E-state index >= 15 is 0 Å². The van der Waals surface area contributed by atoms with Crippen LogP contribution in [0.25, 0.3) is 0 Å². The number of carbonyl (C=O) groups is 1. The molecule has 0 aliphatic carbocycles. The first-order chi connectivity index (χ1) is 10.1. The standard InChI is InChI=1S/C14H26BN3O3S/c1-5-22(20,21)16(4)12-13(19)18(10-14(12,2)3)11-6-8-17(15)9-7-11/h11-12H,5-10H2,1-4H3. The van der Waals surface area contributed by atoms with Gasteiger partial charge in [-0.05, 0) is 32.9 Å². The Balaban J connectivity index is 2.21. The van der Waals surface area contributed by atoms with Crippen molar-refractivity contribution in [2.75, 3.05) is 32.4 Å². The van der Waals surface area contributed by atoms with Crippen LogP contribution in [0.4, 0.5) is 0 Å². The molecule has 2 saturated heterocycles. The summed E-state index contributed by atoms with van der Waals surface area (Å²) in [5, 5.41) is 0. The summed E-state index contributed by atoms with van der Waals surface area (Å²) >= 11 is 0. The van der Waals surface area contributed by atoms with Gasteiger partial charge in [0, 0.05) is 25.0 Å². The van der Waals surface area contributed by atoms with Crippen molar-refractivity contribution in [3.05, 3.63) is 0 Å². The molecule has 2 rings (SSSR count). The van der Waals surface area contributed by atoms with E-state index in [2.05, 4.69) is 0 Å². The van der Waals surface area contributed by atoms with Gasteiger partial charge in [-0.1, -0.05) is 13.8 Å². The van der Waals surface area contributed by atoms with Crippen molar-refractivity contribution in [2.45, 2.75) is 45.7 Å². The molecule has 2 aliphatic heterocycles. The number of rotatable bonds is 4. The molecule has 124 valence electrons. The third kappa shape index (κ3) is 3.19. The SMILES string of the molecule is [B]N1CCC(N2CC(C)(C)C(N(C)S(=O)(=O)CC)C2=O)CC1. The quantitative estimate of drug-likeness (QED) is 0.685. The minimum Gasteiger partial charge on any atom is -0.353 e. The van der Waals surface area contributed by atoms with Crippen molar-refractivity contribution in [2.24, 2.45) is 5.41 Å². The molecular weight excluding hydrogens is 301 g/mol. The van der Waals surface area contributed by atoms with Crippen molar-refractivity contribution >= 4 is 23.9 Å². The number of sulfonamides is 1. The third-order valence-corrected chi connectivity index (χ3v) is 6.76. The number of piperidine rings is 1. The van der Waals surface area contributed by atoms with E-state index in [4.69, 9.17) is 7.98 Å². The van der Waals surface area contributed by atoms with Gasteiger partial charge in [-0.15, -0.1) is 0 Å². The zero-order valence-corrected chi connectivity index (χ0v) is 14.8. The molecule has 1 amide bonds. The average molecular weight is 327 g/mol. The predicted octanol–water partition coefficient (Wildman–Crippen LogP) is 0.0528. The molecule has 1 atom stereocenters. The monoisotopic (exact) mass is 327 g/mol. The lowest BCUT2D eigenvalue weighted by Gasteiger charge is -2.36. The summed E-state index contributed by atoms with van der Waals surface area (Å²) in [6.45, 7) is 7.66. The molecule has 2 aliphatic rings. The summed E-state index contributed by atoms with van der Waals surface area (Å²) < 4.78 is 25.6. The maximum atomic E-state index is 12.9. The van der Waals surface area contributed by atoms with Gasteiger partial charge in [-0.25, -0.2) is 8.42 Å². The molecule has 6 nitrogen and oxygen atoms in total. The molecule has 2 heterocycles. The highest BCUT2D eigenvalue weighted by Gasteiger charge is 2.52.